The number of para-hydroxylation sites is 1. The number of aromatic nitrogens is 3. The third kappa shape index (κ3) is 4.79. The van der Waals surface area contributed by atoms with Gasteiger partial charge in [-0.3, -0.25) is 9.69 Å². The molecule has 0 saturated carbocycles. The lowest BCUT2D eigenvalue weighted by Gasteiger charge is -2.32. The molecule has 7 heteroatoms. The molecule has 1 aliphatic heterocycles. The van der Waals surface area contributed by atoms with Gasteiger partial charge >= 0.3 is 0 Å². The van der Waals surface area contributed by atoms with E-state index in [-0.39, 0.29) is 11.9 Å². The third-order valence-electron chi connectivity index (χ3n) is 5.76. The average Bonchev–Trinajstić information content (AvgIpc) is 3.52. The van der Waals surface area contributed by atoms with Crippen molar-refractivity contribution in [3.63, 3.8) is 0 Å². The van der Waals surface area contributed by atoms with E-state index in [0.29, 0.717) is 5.69 Å². The summed E-state index contributed by atoms with van der Waals surface area (Å²) in [5.74, 6) is -0.0931. The Morgan fingerprint density at radius 2 is 1.75 bits per heavy atom. The van der Waals surface area contributed by atoms with Gasteiger partial charge in [0.15, 0.2) is 0 Å². The highest BCUT2D eigenvalue weighted by Gasteiger charge is 2.22. The van der Waals surface area contributed by atoms with Crippen molar-refractivity contribution in [2.45, 2.75) is 25.4 Å². The van der Waals surface area contributed by atoms with E-state index in [4.69, 9.17) is 0 Å². The van der Waals surface area contributed by atoms with Crippen molar-refractivity contribution in [1.82, 2.24) is 25.0 Å². The summed E-state index contributed by atoms with van der Waals surface area (Å²) in [4.78, 5) is 19.8. The first-order valence-electron chi connectivity index (χ1n) is 10.9. The van der Waals surface area contributed by atoms with Gasteiger partial charge in [-0.05, 0) is 30.5 Å². The van der Waals surface area contributed by atoms with E-state index in [2.05, 4.69) is 44.6 Å². The van der Waals surface area contributed by atoms with E-state index >= 15 is 0 Å². The van der Waals surface area contributed by atoms with Crippen molar-refractivity contribution in [3.8, 4) is 16.3 Å². The molecule has 0 bridgehead atoms. The zero-order valence-corrected chi connectivity index (χ0v) is 18.5. The van der Waals surface area contributed by atoms with Crippen LogP contribution in [-0.2, 0) is 6.54 Å². The van der Waals surface area contributed by atoms with Crippen molar-refractivity contribution in [1.29, 1.82) is 0 Å². The van der Waals surface area contributed by atoms with Gasteiger partial charge < -0.3 is 5.32 Å². The topological polar surface area (TPSA) is 63.1 Å². The first-order valence-corrected chi connectivity index (χ1v) is 11.8. The highest BCUT2D eigenvalue weighted by Crippen LogP contribution is 2.24. The molecule has 3 heterocycles. The minimum absolute atomic E-state index is 0.0931. The minimum Gasteiger partial charge on any atom is -0.348 e. The molecule has 5 rings (SSSR count). The predicted octanol–water partition coefficient (Wildman–Crippen LogP) is 4.39. The molecule has 2 aromatic carbocycles. The monoisotopic (exact) mass is 443 g/mol. The van der Waals surface area contributed by atoms with Crippen molar-refractivity contribution >= 4 is 17.2 Å². The Morgan fingerprint density at radius 1 is 1.03 bits per heavy atom. The lowest BCUT2D eigenvalue weighted by Crippen LogP contribution is -2.44. The fraction of sp³-hybridized carbons (Fsp3) is 0.240. The molecule has 4 aromatic rings. The molecule has 1 fully saturated rings. The second kappa shape index (κ2) is 9.46. The molecule has 162 valence electrons. The number of nitrogens with zero attached hydrogens (tertiary/aromatic N) is 4. The fourth-order valence-corrected chi connectivity index (χ4v) is 4.78. The Morgan fingerprint density at radius 3 is 2.50 bits per heavy atom. The SMILES string of the molecule is O=C(NC1CCN(Cc2ccccc2)CC1)c1csc(-c2cnn(-c3ccccc3)c2)n1. The smallest absolute Gasteiger partial charge is 0.270 e. The molecule has 32 heavy (non-hydrogen) atoms. The van der Waals surface area contributed by atoms with Crippen LogP contribution >= 0.6 is 11.3 Å². The summed E-state index contributed by atoms with van der Waals surface area (Å²) in [6, 6.07) is 20.7. The Bertz CT molecular complexity index is 1160. The van der Waals surface area contributed by atoms with Gasteiger partial charge in [0, 0.05) is 42.8 Å². The molecule has 0 unspecified atom stereocenters. The maximum Gasteiger partial charge on any atom is 0.270 e. The molecule has 0 radical (unpaired) electrons. The predicted molar refractivity (Wildman–Crippen MR) is 127 cm³/mol. The van der Waals surface area contributed by atoms with Crippen LogP contribution < -0.4 is 5.32 Å². The second-order valence-electron chi connectivity index (χ2n) is 8.06. The number of hydrogen-bond donors (Lipinski definition) is 1. The van der Waals surface area contributed by atoms with Gasteiger partial charge in [0.2, 0.25) is 0 Å². The van der Waals surface area contributed by atoms with Crippen LogP contribution in [0.1, 0.15) is 28.9 Å². The van der Waals surface area contributed by atoms with Crippen LogP contribution in [-0.4, -0.2) is 44.7 Å². The van der Waals surface area contributed by atoms with E-state index < -0.39 is 0 Å². The van der Waals surface area contributed by atoms with Gasteiger partial charge in [0.05, 0.1) is 11.9 Å². The molecule has 1 amide bonds. The van der Waals surface area contributed by atoms with Gasteiger partial charge in [-0.2, -0.15) is 5.10 Å². The molecule has 0 aliphatic carbocycles. The van der Waals surface area contributed by atoms with Crippen LogP contribution in [0.5, 0.6) is 0 Å². The van der Waals surface area contributed by atoms with Gasteiger partial charge in [0.25, 0.3) is 5.91 Å². The van der Waals surface area contributed by atoms with Crippen LogP contribution in [0, 0.1) is 0 Å². The van der Waals surface area contributed by atoms with Crippen LogP contribution in [0.25, 0.3) is 16.3 Å². The van der Waals surface area contributed by atoms with E-state index in [1.54, 1.807) is 6.20 Å². The maximum atomic E-state index is 12.8. The number of hydrogen-bond acceptors (Lipinski definition) is 5. The molecule has 2 aromatic heterocycles. The number of piperidine rings is 1. The minimum atomic E-state index is -0.0931. The number of benzene rings is 2. The summed E-state index contributed by atoms with van der Waals surface area (Å²) in [5.41, 5.74) is 3.71. The fourth-order valence-electron chi connectivity index (χ4n) is 4.00. The number of amides is 1. The Kier molecular flexibility index (Phi) is 6.09. The summed E-state index contributed by atoms with van der Waals surface area (Å²) in [6.45, 7) is 2.94. The molecular weight excluding hydrogens is 418 g/mol. The van der Waals surface area contributed by atoms with Crippen LogP contribution in [0.2, 0.25) is 0 Å². The largest absolute Gasteiger partial charge is 0.348 e. The number of carbonyl (C=O) groups is 1. The van der Waals surface area contributed by atoms with Crippen molar-refractivity contribution in [3.05, 3.63) is 89.7 Å². The molecule has 1 saturated heterocycles. The molecule has 1 aliphatic rings. The quantitative estimate of drug-likeness (QED) is 0.480. The van der Waals surface area contributed by atoms with Crippen LogP contribution in [0.3, 0.4) is 0 Å². The molecule has 0 atom stereocenters. The molecule has 1 N–H and O–H groups in total. The first-order chi connectivity index (χ1) is 15.7. The Labute approximate surface area is 191 Å². The molecule has 0 spiro atoms. The standard InChI is InChI=1S/C25H25N5OS/c31-24(27-21-11-13-29(14-12-21)16-19-7-3-1-4-8-19)23-18-32-25(28-23)20-15-26-30(17-20)22-9-5-2-6-10-22/h1-10,15,17-18,21H,11-14,16H2,(H,27,31). The Hall–Kier alpha value is -3.29. The lowest BCUT2D eigenvalue weighted by atomic mass is 10.0. The number of rotatable bonds is 6. The van der Waals surface area contributed by atoms with Gasteiger partial charge in [0.1, 0.15) is 10.7 Å². The van der Waals surface area contributed by atoms with Crippen molar-refractivity contribution in [2.24, 2.45) is 0 Å². The van der Waals surface area contributed by atoms with Gasteiger partial charge in [-0.15, -0.1) is 11.3 Å². The Balaban J connectivity index is 1.16. The van der Waals surface area contributed by atoms with Crippen LogP contribution in [0.15, 0.2) is 78.4 Å². The summed E-state index contributed by atoms with van der Waals surface area (Å²) < 4.78 is 1.82. The number of likely N-dealkylation sites (tertiary alicyclic amines) is 1. The van der Waals surface area contributed by atoms with Gasteiger partial charge in [-0.1, -0.05) is 48.5 Å². The average molecular weight is 444 g/mol. The van der Waals surface area contributed by atoms with E-state index in [9.17, 15) is 4.79 Å². The van der Waals surface area contributed by atoms with E-state index in [0.717, 1.165) is 48.7 Å². The lowest BCUT2D eigenvalue weighted by molar-refractivity contribution is 0.0904. The summed E-state index contributed by atoms with van der Waals surface area (Å²) in [6.07, 6.45) is 5.65. The molecular formula is C25H25N5OS. The third-order valence-corrected chi connectivity index (χ3v) is 6.65. The summed E-state index contributed by atoms with van der Waals surface area (Å²) in [5, 5.41) is 10.2. The highest BCUT2D eigenvalue weighted by molar-refractivity contribution is 7.13. The van der Waals surface area contributed by atoms with Crippen molar-refractivity contribution in [2.75, 3.05) is 13.1 Å². The first kappa shape index (κ1) is 20.6. The maximum absolute atomic E-state index is 12.8. The summed E-state index contributed by atoms with van der Waals surface area (Å²) in [7, 11) is 0. The highest BCUT2D eigenvalue weighted by atomic mass is 32.1. The number of carbonyl (C=O) groups excluding carboxylic acids is 1. The normalized spacial score (nSPS) is 15.0. The number of thiazole rings is 1. The number of nitrogens with one attached hydrogen (secondary N) is 1. The molecule has 6 nitrogen and oxygen atoms in total. The second-order valence-corrected chi connectivity index (χ2v) is 8.91. The zero-order chi connectivity index (χ0) is 21.8. The summed E-state index contributed by atoms with van der Waals surface area (Å²) >= 11 is 1.47. The zero-order valence-electron chi connectivity index (χ0n) is 17.7. The van der Waals surface area contributed by atoms with E-state index in [1.807, 2.05) is 52.7 Å². The van der Waals surface area contributed by atoms with Gasteiger partial charge in [-0.25, -0.2) is 9.67 Å². The van der Waals surface area contributed by atoms with E-state index in [1.165, 1.54) is 16.9 Å². The van der Waals surface area contributed by atoms with Crippen molar-refractivity contribution < 1.29 is 4.79 Å². The van der Waals surface area contributed by atoms with Crippen LogP contribution in [0.4, 0.5) is 0 Å².